The van der Waals surface area contributed by atoms with Crippen LogP contribution in [0, 0.1) is 17.8 Å². The normalized spacial score (nSPS) is 26.5. The van der Waals surface area contributed by atoms with Crippen molar-refractivity contribution < 1.29 is 27.9 Å². The molecule has 1 aliphatic carbocycles. The van der Waals surface area contributed by atoms with Gasteiger partial charge in [-0.15, -0.1) is 0 Å². The highest BCUT2D eigenvalue weighted by Crippen LogP contribution is 2.38. The summed E-state index contributed by atoms with van der Waals surface area (Å²) in [5.74, 6) is -2.89. The number of rotatable bonds is 6. The molecule has 0 radical (unpaired) electrons. The van der Waals surface area contributed by atoms with Crippen LogP contribution in [-0.2, 0) is 9.59 Å². The molecule has 0 bridgehead atoms. The van der Waals surface area contributed by atoms with Crippen molar-refractivity contribution in [2.24, 2.45) is 17.8 Å². The molecule has 1 rings (SSSR count). The number of carboxylic acid groups (broad SMARTS) is 1. The predicted octanol–water partition coefficient (Wildman–Crippen LogP) is 2.49. The zero-order valence-corrected chi connectivity index (χ0v) is 11.9. The van der Waals surface area contributed by atoms with Crippen LogP contribution in [0.2, 0.25) is 0 Å². The van der Waals surface area contributed by atoms with E-state index >= 15 is 0 Å². The molecular weight excluding hydrogens is 295 g/mol. The number of carboxylic acids is 1. The molecule has 1 amide bonds. The summed E-state index contributed by atoms with van der Waals surface area (Å²) in [5, 5.41) is 11.5. The molecule has 4 nitrogen and oxygen atoms in total. The lowest BCUT2D eigenvalue weighted by Gasteiger charge is -2.15. The molecule has 0 aliphatic heterocycles. The highest BCUT2D eigenvalue weighted by atomic mass is 32.2. The fourth-order valence-corrected chi connectivity index (χ4v) is 2.95. The van der Waals surface area contributed by atoms with Gasteiger partial charge in [0, 0.05) is 12.3 Å². The van der Waals surface area contributed by atoms with Gasteiger partial charge in [-0.1, -0.05) is 13.3 Å². The number of hydrogen-bond acceptors (Lipinski definition) is 3. The highest BCUT2D eigenvalue weighted by molar-refractivity contribution is 8.00. The molecule has 1 fully saturated rings. The molecule has 1 unspecified atom stereocenters. The van der Waals surface area contributed by atoms with Crippen LogP contribution >= 0.6 is 11.8 Å². The molecule has 1 aliphatic rings. The summed E-state index contributed by atoms with van der Waals surface area (Å²) in [4.78, 5) is 23.0. The number of hydrogen-bond donors (Lipinski definition) is 2. The third-order valence-electron chi connectivity index (χ3n) is 3.56. The van der Waals surface area contributed by atoms with Crippen LogP contribution in [0.25, 0.3) is 0 Å². The molecule has 20 heavy (non-hydrogen) atoms. The summed E-state index contributed by atoms with van der Waals surface area (Å²) in [5.41, 5.74) is -4.31. The van der Waals surface area contributed by atoms with Crippen LogP contribution in [0.4, 0.5) is 13.2 Å². The van der Waals surface area contributed by atoms with Gasteiger partial charge in [-0.05, 0) is 30.5 Å². The van der Waals surface area contributed by atoms with Gasteiger partial charge in [-0.3, -0.25) is 9.59 Å². The van der Waals surface area contributed by atoms with Crippen LogP contribution in [0.3, 0.4) is 0 Å². The van der Waals surface area contributed by atoms with Crippen molar-refractivity contribution in [1.29, 1.82) is 0 Å². The Morgan fingerprint density at radius 1 is 1.30 bits per heavy atom. The van der Waals surface area contributed by atoms with E-state index in [4.69, 9.17) is 5.11 Å². The maximum absolute atomic E-state index is 11.9. The number of thioether (sulfide) groups is 1. The molecule has 0 aromatic carbocycles. The Balaban J connectivity index is 2.43. The number of carbonyl (C=O) groups excluding carboxylic acids is 1. The van der Waals surface area contributed by atoms with Crippen molar-refractivity contribution >= 4 is 23.6 Å². The fourth-order valence-electron chi connectivity index (χ4n) is 2.51. The molecule has 0 heterocycles. The molecule has 0 spiro atoms. The number of carbonyl (C=O) groups is 2. The van der Waals surface area contributed by atoms with Gasteiger partial charge in [0.15, 0.2) is 0 Å². The lowest BCUT2D eigenvalue weighted by atomic mass is 9.95. The fraction of sp³-hybridized carbons (Fsp3) is 0.833. The van der Waals surface area contributed by atoms with Crippen LogP contribution in [0.1, 0.15) is 26.2 Å². The van der Waals surface area contributed by atoms with Crippen LogP contribution in [0.5, 0.6) is 0 Å². The minimum atomic E-state index is -4.31. The summed E-state index contributed by atoms with van der Waals surface area (Å²) in [6, 6.07) is 0. The van der Waals surface area contributed by atoms with E-state index in [1.165, 1.54) is 0 Å². The molecule has 0 aromatic rings. The number of alkyl halides is 3. The van der Waals surface area contributed by atoms with Crippen molar-refractivity contribution in [2.45, 2.75) is 31.7 Å². The number of halogens is 3. The summed E-state index contributed by atoms with van der Waals surface area (Å²) in [6.45, 7) is 1.83. The third kappa shape index (κ3) is 5.22. The van der Waals surface area contributed by atoms with E-state index in [0.717, 1.165) is 6.42 Å². The standard InChI is InChI=1S/C12H18F3NO3S/c1-2-7-5-8(9(6-7)11(18)19)10(17)16-3-4-20-12(13,14)15/h7-9H,2-6H2,1H3,(H,16,17)(H,18,19)/t7?,8-,9+/m0/s1. The smallest absolute Gasteiger partial charge is 0.441 e. The molecule has 0 saturated heterocycles. The molecule has 8 heteroatoms. The first-order chi connectivity index (χ1) is 9.24. The first-order valence-electron chi connectivity index (χ1n) is 6.45. The predicted molar refractivity (Wildman–Crippen MR) is 69.2 cm³/mol. The lowest BCUT2D eigenvalue weighted by molar-refractivity contribution is -0.146. The second-order valence-corrected chi connectivity index (χ2v) is 6.04. The van der Waals surface area contributed by atoms with E-state index in [1.54, 1.807) is 0 Å². The largest absolute Gasteiger partial charge is 0.481 e. The van der Waals surface area contributed by atoms with Crippen molar-refractivity contribution in [1.82, 2.24) is 5.32 Å². The lowest BCUT2D eigenvalue weighted by Crippen LogP contribution is -2.36. The van der Waals surface area contributed by atoms with Crippen molar-refractivity contribution in [2.75, 3.05) is 12.3 Å². The number of amides is 1. The maximum Gasteiger partial charge on any atom is 0.441 e. The summed E-state index contributed by atoms with van der Waals surface area (Å²) in [7, 11) is 0. The van der Waals surface area contributed by atoms with E-state index in [9.17, 15) is 22.8 Å². The second-order valence-electron chi connectivity index (χ2n) is 4.88. The monoisotopic (exact) mass is 313 g/mol. The van der Waals surface area contributed by atoms with Gasteiger partial charge in [0.05, 0.1) is 11.8 Å². The zero-order valence-electron chi connectivity index (χ0n) is 11.1. The Hall–Kier alpha value is -0.920. The Bertz CT molecular complexity index is 362. The minimum absolute atomic E-state index is 0.108. The second kappa shape index (κ2) is 7.19. The van der Waals surface area contributed by atoms with Gasteiger partial charge in [-0.2, -0.15) is 13.2 Å². The van der Waals surface area contributed by atoms with Gasteiger partial charge in [0.1, 0.15) is 0 Å². The van der Waals surface area contributed by atoms with Gasteiger partial charge in [0.2, 0.25) is 5.91 Å². The van der Waals surface area contributed by atoms with Crippen LogP contribution < -0.4 is 5.32 Å². The quantitative estimate of drug-likeness (QED) is 0.739. The minimum Gasteiger partial charge on any atom is -0.481 e. The number of aliphatic carboxylic acids is 1. The first-order valence-corrected chi connectivity index (χ1v) is 7.44. The van der Waals surface area contributed by atoms with Crippen LogP contribution in [-0.4, -0.2) is 34.8 Å². The third-order valence-corrected chi connectivity index (χ3v) is 4.29. The Morgan fingerprint density at radius 2 is 1.90 bits per heavy atom. The highest BCUT2D eigenvalue weighted by Gasteiger charge is 2.42. The van der Waals surface area contributed by atoms with E-state index in [1.807, 2.05) is 6.92 Å². The number of nitrogens with one attached hydrogen (secondary N) is 1. The topological polar surface area (TPSA) is 66.4 Å². The Labute approximate surface area is 119 Å². The molecule has 0 aromatic heterocycles. The van der Waals surface area contributed by atoms with E-state index < -0.39 is 29.2 Å². The van der Waals surface area contributed by atoms with Crippen molar-refractivity contribution in [3.05, 3.63) is 0 Å². The molecule has 116 valence electrons. The van der Waals surface area contributed by atoms with E-state index in [2.05, 4.69) is 5.32 Å². The van der Waals surface area contributed by atoms with E-state index in [-0.39, 0.29) is 30.0 Å². The summed E-state index contributed by atoms with van der Waals surface area (Å²) < 4.78 is 35.8. The van der Waals surface area contributed by atoms with Crippen LogP contribution in [0.15, 0.2) is 0 Å². The van der Waals surface area contributed by atoms with Gasteiger partial charge >= 0.3 is 11.5 Å². The maximum atomic E-state index is 11.9. The van der Waals surface area contributed by atoms with Gasteiger partial charge in [-0.25, -0.2) is 0 Å². The Kier molecular flexibility index (Phi) is 6.16. The average molecular weight is 313 g/mol. The zero-order chi connectivity index (χ0) is 15.3. The van der Waals surface area contributed by atoms with Gasteiger partial charge in [0.25, 0.3) is 0 Å². The van der Waals surface area contributed by atoms with E-state index in [0.29, 0.717) is 12.8 Å². The first kappa shape index (κ1) is 17.1. The SMILES string of the molecule is CCC1C[C@H](C(=O)NCCSC(F)(F)F)[C@H](C(=O)O)C1. The molecule has 3 atom stereocenters. The van der Waals surface area contributed by atoms with Crippen molar-refractivity contribution in [3.63, 3.8) is 0 Å². The summed E-state index contributed by atoms with van der Waals surface area (Å²) >= 11 is -0.201. The average Bonchev–Trinajstić information content (AvgIpc) is 2.77. The van der Waals surface area contributed by atoms with Gasteiger partial charge < -0.3 is 10.4 Å². The summed E-state index contributed by atoms with van der Waals surface area (Å²) in [6.07, 6.45) is 1.75. The van der Waals surface area contributed by atoms with Crippen molar-refractivity contribution in [3.8, 4) is 0 Å². The Morgan fingerprint density at radius 3 is 2.40 bits per heavy atom. The molecular formula is C12H18F3NO3S. The molecule has 2 N–H and O–H groups in total. The molecule has 1 saturated carbocycles.